The first kappa shape index (κ1) is 25.3. The maximum atomic E-state index is 12.8. The fourth-order valence-electron chi connectivity index (χ4n) is 3.52. The summed E-state index contributed by atoms with van der Waals surface area (Å²) in [5.41, 5.74) is 3.53. The summed E-state index contributed by atoms with van der Waals surface area (Å²) in [6, 6.07) is 22.3. The zero-order valence-electron chi connectivity index (χ0n) is 21.2. The van der Waals surface area contributed by atoms with Gasteiger partial charge < -0.3 is 30.2 Å². The molecule has 0 atom stereocenters. The highest BCUT2D eigenvalue weighted by Gasteiger charge is 2.16. The Labute approximate surface area is 215 Å². The van der Waals surface area contributed by atoms with E-state index in [1.807, 2.05) is 79.7 Å². The number of ether oxygens (including phenoxy) is 3. The van der Waals surface area contributed by atoms with E-state index in [1.165, 1.54) is 0 Å². The smallest absolute Gasteiger partial charge is 0.262 e. The van der Waals surface area contributed by atoms with Gasteiger partial charge in [-0.1, -0.05) is 18.2 Å². The number of carbonyl (C=O) groups excluding carboxylic acids is 1. The van der Waals surface area contributed by atoms with Gasteiger partial charge in [-0.3, -0.25) is 4.79 Å². The number of benzene rings is 3. The fourth-order valence-corrected chi connectivity index (χ4v) is 3.52. The number of carbonyl (C=O) groups is 1. The first-order valence-corrected chi connectivity index (χ1v) is 11.6. The molecule has 0 saturated carbocycles. The molecule has 4 aromatic rings. The number of nitrogens with zero attached hydrogens (tertiary/aromatic N) is 2. The summed E-state index contributed by atoms with van der Waals surface area (Å²) in [7, 11) is 3.23. The van der Waals surface area contributed by atoms with Crippen LogP contribution in [0.15, 0.2) is 72.8 Å². The van der Waals surface area contributed by atoms with E-state index >= 15 is 0 Å². The lowest BCUT2D eigenvalue weighted by Crippen LogP contribution is -2.22. The van der Waals surface area contributed by atoms with Crippen LogP contribution in [0.2, 0.25) is 0 Å². The number of hydrogen-bond acceptors (Lipinski definition) is 8. The van der Waals surface area contributed by atoms with Gasteiger partial charge in [0.2, 0.25) is 5.95 Å². The van der Waals surface area contributed by atoms with Gasteiger partial charge in [-0.15, -0.1) is 0 Å². The minimum atomic E-state index is -0.330. The van der Waals surface area contributed by atoms with Crippen LogP contribution >= 0.6 is 0 Å². The number of aryl methyl sites for hydroxylation is 2. The van der Waals surface area contributed by atoms with Crippen molar-refractivity contribution in [3.8, 4) is 17.2 Å². The Kier molecular flexibility index (Phi) is 8.05. The minimum Gasteiger partial charge on any atom is -0.497 e. The lowest BCUT2D eigenvalue weighted by molar-refractivity contribution is -0.118. The molecular formula is C28H29N5O4. The number of methoxy groups -OCH3 is 2. The Morgan fingerprint density at radius 1 is 0.784 bits per heavy atom. The summed E-state index contributed by atoms with van der Waals surface area (Å²) in [6.45, 7) is 3.58. The van der Waals surface area contributed by atoms with Gasteiger partial charge in [-0.05, 0) is 74.0 Å². The Hall–Kier alpha value is -4.79. The minimum absolute atomic E-state index is 0.155. The molecule has 0 fully saturated rings. The lowest BCUT2D eigenvalue weighted by atomic mass is 10.2. The van der Waals surface area contributed by atoms with Crippen LogP contribution in [0.5, 0.6) is 17.2 Å². The zero-order valence-corrected chi connectivity index (χ0v) is 21.2. The first-order chi connectivity index (χ1) is 17.9. The maximum Gasteiger partial charge on any atom is 0.262 e. The van der Waals surface area contributed by atoms with E-state index in [0.29, 0.717) is 28.9 Å². The SMILES string of the molecule is COc1ccc(Nc2nc(C)c(NC(=O)COc3ccccc3C)c(Nc3ccc(OC)cc3)n2)cc1. The van der Waals surface area contributed by atoms with Crippen molar-refractivity contribution in [3.63, 3.8) is 0 Å². The third-order valence-electron chi connectivity index (χ3n) is 5.51. The van der Waals surface area contributed by atoms with Crippen molar-refractivity contribution in [2.24, 2.45) is 0 Å². The van der Waals surface area contributed by atoms with Crippen LogP contribution in [0.4, 0.5) is 28.8 Å². The van der Waals surface area contributed by atoms with Gasteiger partial charge in [-0.2, -0.15) is 4.98 Å². The number of aromatic nitrogens is 2. The third kappa shape index (κ3) is 6.66. The van der Waals surface area contributed by atoms with Crippen LogP contribution in [0.3, 0.4) is 0 Å². The predicted molar refractivity (Wildman–Crippen MR) is 145 cm³/mol. The zero-order chi connectivity index (χ0) is 26.2. The molecule has 1 heterocycles. The van der Waals surface area contributed by atoms with Crippen molar-refractivity contribution in [2.45, 2.75) is 13.8 Å². The Morgan fingerprint density at radius 3 is 1.97 bits per heavy atom. The van der Waals surface area contributed by atoms with Crippen molar-refractivity contribution >= 4 is 34.7 Å². The highest BCUT2D eigenvalue weighted by molar-refractivity contribution is 5.96. The molecule has 3 aromatic carbocycles. The highest BCUT2D eigenvalue weighted by Crippen LogP contribution is 2.29. The van der Waals surface area contributed by atoms with Gasteiger partial charge in [0.05, 0.1) is 19.9 Å². The molecule has 0 saturated heterocycles. The van der Waals surface area contributed by atoms with Crippen molar-refractivity contribution < 1.29 is 19.0 Å². The van der Waals surface area contributed by atoms with Crippen LogP contribution < -0.4 is 30.2 Å². The molecular weight excluding hydrogens is 470 g/mol. The standard InChI is InChI=1S/C28H29N5O4/c1-18-7-5-6-8-24(18)37-17-25(34)32-26-19(2)29-28(31-21-11-15-23(36-4)16-12-21)33-27(26)30-20-9-13-22(35-3)14-10-20/h5-16H,17H2,1-4H3,(H,32,34)(H2,29,30,31,33). The summed E-state index contributed by atoms with van der Waals surface area (Å²) in [5, 5.41) is 9.37. The van der Waals surface area contributed by atoms with E-state index in [9.17, 15) is 4.79 Å². The number of amides is 1. The number of para-hydroxylation sites is 1. The molecule has 0 spiro atoms. The quantitative estimate of drug-likeness (QED) is 0.258. The summed E-state index contributed by atoms with van der Waals surface area (Å²) < 4.78 is 16.2. The molecule has 0 aliphatic rings. The largest absolute Gasteiger partial charge is 0.497 e. The Morgan fingerprint density at radius 2 is 1.38 bits per heavy atom. The second-order valence-electron chi connectivity index (χ2n) is 8.17. The van der Waals surface area contributed by atoms with Crippen molar-refractivity contribution in [1.82, 2.24) is 9.97 Å². The van der Waals surface area contributed by atoms with Gasteiger partial charge in [0.15, 0.2) is 12.4 Å². The van der Waals surface area contributed by atoms with Crippen LogP contribution in [0, 0.1) is 13.8 Å². The first-order valence-electron chi connectivity index (χ1n) is 11.6. The number of anilines is 5. The van der Waals surface area contributed by atoms with Crippen LogP contribution in [0.25, 0.3) is 0 Å². The lowest BCUT2D eigenvalue weighted by Gasteiger charge is -2.17. The highest BCUT2D eigenvalue weighted by atomic mass is 16.5. The molecule has 37 heavy (non-hydrogen) atoms. The Bertz CT molecular complexity index is 1360. The molecule has 0 aliphatic heterocycles. The number of hydrogen-bond donors (Lipinski definition) is 3. The van der Waals surface area contributed by atoms with Gasteiger partial charge in [0.1, 0.15) is 22.9 Å². The van der Waals surface area contributed by atoms with Crippen molar-refractivity contribution in [3.05, 3.63) is 84.1 Å². The fraction of sp³-hybridized carbons (Fsp3) is 0.179. The van der Waals surface area contributed by atoms with E-state index in [4.69, 9.17) is 14.2 Å². The van der Waals surface area contributed by atoms with Crippen molar-refractivity contribution in [2.75, 3.05) is 36.8 Å². The summed E-state index contributed by atoms with van der Waals surface area (Å²) in [4.78, 5) is 22.0. The molecule has 0 bridgehead atoms. The molecule has 0 unspecified atom stereocenters. The Balaban J connectivity index is 1.58. The van der Waals surface area contributed by atoms with E-state index in [0.717, 1.165) is 28.4 Å². The normalized spacial score (nSPS) is 10.4. The molecule has 3 N–H and O–H groups in total. The van der Waals surface area contributed by atoms with Crippen LogP contribution in [-0.2, 0) is 4.79 Å². The monoisotopic (exact) mass is 499 g/mol. The maximum absolute atomic E-state index is 12.8. The van der Waals surface area contributed by atoms with Gasteiger partial charge in [-0.25, -0.2) is 4.98 Å². The van der Waals surface area contributed by atoms with E-state index < -0.39 is 0 Å². The van der Waals surface area contributed by atoms with E-state index in [1.54, 1.807) is 21.1 Å². The van der Waals surface area contributed by atoms with Gasteiger partial charge in [0.25, 0.3) is 5.91 Å². The molecule has 9 heteroatoms. The molecule has 0 aliphatic carbocycles. The second kappa shape index (κ2) is 11.8. The molecule has 0 radical (unpaired) electrons. The topological polar surface area (TPSA) is 107 Å². The van der Waals surface area contributed by atoms with E-state index in [-0.39, 0.29) is 12.5 Å². The van der Waals surface area contributed by atoms with Gasteiger partial charge >= 0.3 is 0 Å². The summed E-state index contributed by atoms with van der Waals surface area (Å²) in [5.74, 6) is 2.60. The molecule has 190 valence electrons. The average molecular weight is 500 g/mol. The predicted octanol–water partition coefficient (Wildman–Crippen LogP) is 5.62. The number of nitrogens with one attached hydrogen (secondary N) is 3. The molecule has 1 amide bonds. The van der Waals surface area contributed by atoms with E-state index in [2.05, 4.69) is 25.9 Å². The molecule has 9 nitrogen and oxygen atoms in total. The summed E-state index contributed by atoms with van der Waals surface area (Å²) in [6.07, 6.45) is 0. The molecule has 4 rings (SSSR count). The third-order valence-corrected chi connectivity index (χ3v) is 5.51. The van der Waals surface area contributed by atoms with Crippen LogP contribution in [0.1, 0.15) is 11.3 Å². The summed E-state index contributed by atoms with van der Waals surface area (Å²) >= 11 is 0. The van der Waals surface area contributed by atoms with Crippen LogP contribution in [-0.4, -0.2) is 36.7 Å². The second-order valence-corrected chi connectivity index (χ2v) is 8.17. The molecule has 1 aromatic heterocycles. The van der Waals surface area contributed by atoms with Gasteiger partial charge in [0, 0.05) is 11.4 Å². The average Bonchev–Trinajstić information content (AvgIpc) is 2.91. The number of rotatable bonds is 10. The van der Waals surface area contributed by atoms with Crippen molar-refractivity contribution in [1.29, 1.82) is 0 Å².